The van der Waals surface area contributed by atoms with Gasteiger partial charge in [-0.1, -0.05) is 6.07 Å². The number of rotatable bonds is 2. The fourth-order valence-corrected chi connectivity index (χ4v) is 1.73. The van der Waals surface area contributed by atoms with E-state index in [2.05, 4.69) is 20.9 Å². The molecule has 1 aromatic heterocycles. The third kappa shape index (κ3) is 2.56. The SMILES string of the molecule is CN(C(=O)c1ccc(Br)c(F)c1)c1ccccn1. The summed E-state index contributed by atoms with van der Waals surface area (Å²) < 4.78 is 13.7. The standard InChI is InChI=1S/C13H10BrFN2O/c1-17(12-4-2-3-7-16-12)13(18)9-5-6-10(14)11(15)8-9/h2-8H,1H3. The van der Waals surface area contributed by atoms with Gasteiger partial charge in [0.15, 0.2) is 0 Å². The zero-order chi connectivity index (χ0) is 13.1. The molecule has 0 saturated heterocycles. The minimum Gasteiger partial charge on any atom is -0.296 e. The molecule has 0 saturated carbocycles. The molecule has 0 unspecified atom stereocenters. The highest BCUT2D eigenvalue weighted by Gasteiger charge is 2.15. The maximum absolute atomic E-state index is 13.4. The molecule has 0 radical (unpaired) electrons. The van der Waals surface area contributed by atoms with E-state index in [-0.39, 0.29) is 11.5 Å². The van der Waals surface area contributed by atoms with Crippen molar-refractivity contribution in [1.29, 1.82) is 0 Å². The molecule has 0 N–H and O–H groups in total. The molecule has 0 fully saturated rings. The molecule has 0 aliphatic rings. The second-order valence-electron chi connectivity index (χ2n) is 3.68. The molecule has 18 heavy (non-hydrogen) atoms. The van der Waals surface area contributed by atoms with Crippen LogP contribution in [0.15, 0.2) is 47.1 Å². The summed E-state index contributed by atoms with van der Waals surface area (Å²) in [5.74, 6) is -0.249. The van der Waals surface area contributed by atoms with E-state index in [1.165, 1.54) is 17.0 Å². The predicted molar refractivity (Wildman–Crippen MR) is 71.1 cm³/mol. The van der Waals surface area contributed by atoms with Gasteiger partial charge in [-0.05, 0) is 46.3 Å². The van der Waals surface area contributed by atoms with Crippen LogP contribution in [0.3, 0.4) is 0 Å². The minimum atomic E-state index is -0.463. The van der Waals surface area contributed by atoms with Crippen LogP contribution in [0.5, 0.6) is 0 Å². The normalized spacial score (nSPS) is 10.2. The van der Waals surface area contributed by atoms with Crippen molar-refractivity contribution in [1.82, 2.24) is 4.98 Å². The first-order valence-electron chi connectivity index (χ1n) is 5.24. The van der Waals surface area contributed by atoms with Crippen LogP contribution in [0.2, 0.25) is 0 Å². The summed E-state index contributed by atoms with van der Waals surface area (Å²) in [6, 6.07) is 9.54. The van der Waals surface area contributed by atoms with Gasteiger partial charge in [0, 0.05) is 18.8 Å². The number of aromatic nitrogens is 1. The van der Waals surface area contributed by atoms with Gasteiger partial charge in [-0.15, -0.1) is 0 Å². The second kappa shape index (κ2) is 5.27. The lowest BCUT2D eigenvalue weighted by Gasteiger charge is -2.16. The number of carbonyl (C=O) groups excluding carboxylic acids is 1. The maximum atomic E-state index is 13.4. The molecule has 0 aliphatic heterocycles. The third-order valence-electron chi connectivity index (χ3n) is 2.46. The molecule has 0 atom stereocenters. The predicted octanol–water partition coefficient (Wildman–Crippen LogP) is 3.26. The number of carbonyl (C=O) groups is 1. The molecule has 5 heteroatoms. The third-order valence-corrected chi connectivity index (χ3v) is 3.11. The highest BCUT2D eigenvalue weighted by atomic mass is 79.9. The summed E-state index contributed by atoms with van der Waals surface area (Å²) >= 11 is 3.05. The summed E-state index contributed by atoms with van der Waals surface area (Å²) in [6.07, 6.45) is 1.60. The summed E-state index contributed by atoms with van der Waals surface area (Å²) in [5, 5.41) is 0. The summed E-state index contributed by atoms with van der Waals surface area (Å²) in [5.41, 5.74) is 0.281. The highest BCUT2D eigenvalue weighted by molar-refractivity contribution is 9.10. The Morgan fingerprint density at radius 1 is 1.33 bits per heavy atom. The topological polar surface area (TPSA) is 33.2 Å². The average molecular weight is 309 g/mol. The van der Waals surface area contributed by atoms with Gasteiger partial charge in [0.1, 0.15) is 11.6 Å². The van der Waals surface area contributed by atoms with Crippen LogP contribution in [-0.2, 0) is 0 Å². The zero-order valence-corrected chi connectivity index (χ0v) is 11.2. The summed E-state index contributed by atoms with van der Waals surface area (Å²) in [4.78, 5) is 17.6. The lowest BCUT2D eigenvalue weighted by molar-refractivity contribution is 0.0992. The quantitative estimate of drug-likeness (QED) is 0.853. The van der Waals surface area contributed by atoms with Crippen LogP contribution in [0.1, 0.15) is 10.4 Å². The Hall–Kier alpha value is -1.75. The lowest BCUT2D eigenvalue weighted by Crippen LogP contribution is -2.27. The second-order valence-corrected chi connectivity index (χ2v) is 4.54. The smallest absolute Gasteiger partial charge is 0.259 e. The Morgan fingerprint density at radius 2 is 2.11 bits per heavy atom. The van der Waals surface area contributed by atoms with Crippen molar-refractivity contribution in [2.45, 2.75) is 0 Å². The van der Waals surface area contributed by atoms with E-state index in [0.717, 1.165) is 0 Å². The number of halogens is 2. The van der Waals surface area contributed by atoms with Gasteiger partial charge in [-0.25, -0.2) is 9.37 Å². The van der Waals surface area contributed by atoms with Crippen LogP contribution < -0.4 is 4.90 Å². The van der Waals surface area contributed by atoms with Gasteiger partial charge >= 0.3 is 0 Å². The zero-order valence-electron chi connectivity index (χ0n) is 9.60. The van der Waals surface area contributed by atoms with Crippen molar-refractivity contribution in [3.8, 4) is 0 Å². The Kier molecular flexibility index (Phi) is 3.72. The Labute approximate surface area is 112 Å². The van der Waals surface area contributed by atoms with Gasteiger partial charge in [0.25, 0.3) is 5.91 Å². The number of nitrogens with zero attached hydrogens (tertiary/aromatic N) is 2. The van der Waals surface area contributed by atoms with E-state index in [1.54, 1.807) is 37.5 Å². The van der Waals surface area contributed by atoms with Crippen molar-refractivity contribution < 1.29 is 9.18 Å². The molecule has 0 bridgehead atoms. The number of amides is 1. The molecule has 2 aromatic rings. The Morgan fingerprint density at radius 3 is 2.72 bits per heavy atom. The van der Waals surface area contributed by atoms with Crippen molar-refractivity contribution in [2.75, 3.05) is 11.9 Å². The van der Waals surface area contributed by atoms with Crippen LogP contribution in [-0.4, -0.2) is 17.9 Å². The van der Waals surface area contributed by atoms with Gasteiger partial charge in [0.05, 0.1) is 4.47 Å². The highest BCUT2D eigenvalue weighted by Crippen LogP contribution is 2.18. The van der Waals surface area contributed by atoms with E-state index in [0.29, 0.717) is 10.3 Å². The van der Waals surface area contributed by atoms with Gasteiger partial charge in [-0.2, -0.15) is 0 Å². The largest absolute Gasteiger partial charge is 0.296 e. The maximum Gasteiger partial charge on any atom is 0.259 e. The number of anilines is 1. The fourth-order valence-electron chi connectivity index (χ4n) is 1.48. The van der Waals surface area contributed by atoms with E-state index in [1.807, 2.05) is 0 Å². The summed E-state index contributed by atoms with van der Waals surface area (Å²) in [6.45, 7) is 0. The van der Waals surface area contributed by atoms with Crippen LogP contribution in [0, 0.1) is 5.82 Å². The minimum absolute atomic E-state index is 0.281. The summed E-state index contributed by atoms with van der Waals surface area (Å²) in [7, 11) is 1.60. The number of hydrogen-bond acceptors (Lipinski definition) is 2. The monoisotopic (exact) mass is 308 g/mol. The number of pyridine rings is 1. The first kappa shape index (κ1) is 12.7. The van der Waals surface area contributed by atoms with Gasteiger partial charge in [0.2, 0.25) is 0 Å². The molecule has 2 rings (SSSR count). The van der Waals surface area contributed by atoms with Crippen molar-refractivity contribution in [3.63, 3.8) is 0 Å². The molecule has 1 aromatic carbocycles. The fraction of sp³-hybridized carbons (Fsp3) is 0.0769. The molecule has 3 nitrogen and oxygen atoms in total. The van der Waals surface area contributed by atoms with E-state index in [4.69, 9.17) is 0 Å². The molecular formula is C13H10BrFN2O. The molecule has 0 aliphatic carbocycles. The first-order valence-corrected chi connectivity index (χ1v) is 6.03. The number of benzene rings is 1. The molecule has 1 heterocycles. The van der Waals surface area contributed by atoms with Crippen LogP contribution >= 0.6 is 15.9 Å². The Bertz CT molecular complexity index is 574. The van der Waals surface area contributed by atoms with E-state index < -0.39 is 5.82 Å². The van der Waals surface area contributed by atoms with Gasteiger partial charge in [-0.3, -0.25) is 9.69 Å². The van der Waals surface area contributed by atoms with E-state index in [9.17, 15) is 9.18 Å². The molecule has 1 amide bonds. The van der Waals surface area contributed by atoms with Gasteiger partial charge < -0.3 is 0 Å². The van der Waals surface area contributed by atoms with Crippen molar-refractivity contribution >= 4 is 27.7 Å². The first-order chi connectivity index (χ1) is 8.59. The molecule has 0 spiro atoms. The van der Waals surface area contributed by atoms with E-state index >= 15 is 0 Å². The van der Waals surface area contributed by atoms with Crippen molar-refractivity contribution in [3.05, 3.63) is 58.4 Å². The molecular weight excluding hydrogens is 299 g/mol. The van der Waals surface area contributed by atoms with Crippen molar-refractivity contribution in [2.24, 2.45) is 0 Å². The average Bonchev–Trinajstić information content (AvgIpc) is 2.41. The Balaban J connectivity index is 2.29. The number of hydrogen-bond donors (Lipinski definition) is 0. The van der Waals surface area contributed by atoms with Crippen LogP contribution in [0.4, 0.5) is 10.2 Å². The molecule has 92 valence electrons. The lowest BCUT2D eigenvalue weighted by atomic mass is 10.2. The van der Waals surface area contributed by atoms with Crippen LogP contribution in [0.25, 0.3) is 0 Å².